The Kier molecular flexibility index (Phi) is 6.21. The second-order valence-electron chi connectivity index (χ2n) is 7.30. The Morgan fingerprint density at radius 2 is 2.09 bits per heavy atom. The summed E-state index contributed by atoms with van der Waals surface area (Å²) in [5.41, 5.74) is 0.495. The molecule has 172 valence electrons. The van der Waals surface area contributed by atoms with Gasteiger partial charge in [0.05, 0.1) is 18.1 Å². The van der Waals surface area contributed by atoms with Crippen LogP contribution in [0.1, 0.15) is 18.5 Å². The Labute approximate surface area is 185 Å². The van der Waals surface area contributed by atoms with E-state index in [0.29, 0.717) is 43.3 Å². The van der Waals surface area contributed by atoms with Crippen LogP contribution < -0.4 is 15.0 Å². The van der Waals surface area contributed by atoms with Crippen molar-refractivity contribution in [3.8, 4) is 23.6 Å². The number of carbonyl (C=O) groups excluding carboxylic acids is 1. The van der Waals surface area contributed by atoms with Gasteiger partial charge in [-0.2, -0.15) is 23.4 Å². The van der Waals surface area contributed by atoms with Crippen LogP contribution in [-0.2, 0) is 4.79 Å². The van der Waals surface area contributed by atoms with Gasteiger partial charge in [-0.25, -0.2) is 4.98 Å². The predicted molar refractivity (Wildman–Crippen MR) is 108 cm³/mol. The third-order valence-electron chi connectivity index (χ3n) is 4.99. The highest BCUT2D eigenvalue weighted by molar-refractivity contribution is 5.92. The average molecular weight is 461 g/mol. The largest absolute Gasteiger partial charge is 0.468 e. The second-order valence-corrected chi connectivity index (χ2v) is 7.30. The van der Waals surface area contributed by atoms with Gasteiger partial charge >= 0.3 is 6.18 Å². The summed E-state index contributed by atoms with van der Waals surface area (Å²) in [4.78, 5) is 22.4. The van der Waals surface area contributed by atoms with Crippen LogP contribution in [0.3, 0.4) is 0 Å². The van der Waals surface area contributed by atoms with Gasteiger partial charge in [-0.1, -0.05) is 0 Å². The lowest BCUT2D eigenvalue weighted by molar-refractivity contribution is -0.154. The topological polar surface area (TPSA) is 117 Å². The van der Waals surface area contributed by atoms with E-state index in [2.05, 4.69) is 20.0 Å². The number of nitrogens with zero attached hydrogens (tertiary/aromatic N) is 4. The molecule has 0 saturated carbocycles. The first-order chi connectivity index (χ1) is 15.8. The lowest BCUT2D eigenvalue weighted by Crippen LogP contribution is -2.38. The summed E-state index contributed by atoms with van der Waals surface area (Å²) >= 11 is 0. The van der Waals surface area contributed by atoms with E-state index >= 15 is 0 Å². The molecule has 0 atom stereocenters. The van der Waals surface area contributed by atoms with Crippen LogP contribution in [0, 0.1) is 17.2 Å². The number of piperidine rings is 1. The first-order valence-corrected chi connectivity index (χ1v) is 9.98. The quantitative estimate of drug-likeness (QED) is 0.585. The monoisotopic (exact) mass is 461 g/mol. The number of hydrogen-bond donors (Lipinski definition) is 1. The number of carbonyl (C=O) groups is 1. The van der Waals surface area contributed by atoms with Crippen LogP contribution in [0.5, 0.6) is 5.88 Å². The van der Waals surface area contributed by atoms with E-state index in [-0.39, 0.29) is 29.3 Å². The number of anilines is 2. The Morgan fingerprint density at radius 3 is 2.70 bits per heavy atom. The van der Waals surface area contributed by atoms with Crippen LogP contribution in [0.2, 0.25) is 0 Å². The lowest BCUT2D eigenvalue weighted by Gasteiger charge is -2.30. The molecule has 1 aliphatic rings. The van der Waals surface area contributed by atoms with E-state index in [1.54, 1.807) is 12.1 Å². The van der Waals surface area contributed by atoms with E-state index in [4.69, 9.17) is 8.83 Å². The molecule has 3 aromatic heterocycles. The molecule has 1 aliphatic heterocycles. The summed E-state index contributed by atoms with van der Waals surface area (Å²) < 4.78 is 52.1. The van der Waals surface area contributed by atoms with Crippen molar-refractivity contribution in [1.82, 2.24) is 9.97 Å². The van der Waals surface area contributed by atoms with Gasteiger partial charge in [0, 0.05) is 25.1 Å². The van der Waals surface area contributed by atoms with E-state index in [1.165, 1.54) is 24.6 Å². The fourth-order valence-corrected chi connectivity index (χ4v) is 3.39. The molecule has 0 spiro atoms. The number of hydrogen-bond acceptors (Lipinski definition) is 8. The number of rotatable bonds is 6. The first-order valence-electron chi connectivity index (χ1n) is 9.98. The normalized spacial score (nSPS) is 14.7. The van der Waals surface area contributed by atoms with Crippen molar-refractivity contribution in [3.05, 3.63) is 42.4 Å². The number of nitriles is 1. The van der Waals surface area contributed by atoms with Crippen molar-refractivity contribution in [3.63, 3.8) is 0 Å². The van der Waals surface area contributed by atoms with Gasteiger partial charge in [-0.3, -0.25) is 4.79 Å². The summed E-state index contributed by atoms with van der Waals surface area (Å²) in [6, 6.07) is 8.07. The predicted octanol–water partition coefficient (Wildman–Crippen LogP) is 4.00. The van der Waals surface area contributed by atoms with Crippen molar-refractivity contribution in [2.75, 3.05) is 29.9 Å². The minimum Gasteiger partial charge on any atom is -0.468 e. The molecule has 1 saturated heterocycles. The summed E-state index contributed by atoms with van der Waals surface area (Å²) in [5.74, 6) is 0.251. The molecule has 0 aliphatic carbocycles. The number of halogens is 3. The molecule has 4 heterocycles. The zero-order valence-electron chi connectivity index (χ0n) is 17.1. The second kappa shape index (κ2) is 9.23. The van der Waals surface area contributed by atoms with Crippen molar-refractivity contribution in [1.29, 1.82) is 5.26 Å². The maximum Gasteiger partial charge on any atom is 0.422 e. The zero-order valence-corrected chi connectivity index (χ0v) is 17.1. The van der Waals surface area contributed by atoms with Crippen LogP contribution in [0.25, 0.3) is 11.7 Å². The fraction of sp³-hybridized carbons (Fsp3) is 0.333. The zero-order chi connectivity index (χ0) is 23.4. The molecule has 0 aromatic carbocycles. The van der Waals surface area contributed by atoms with E-state index in [1.807, 2.05) is 11.0 Å². The smallest absolute Gasteiger partial charge is 0.422 e. The number of amides is 1. The third kappa shape index (κ3) is 5.43. The molecule has 1 fully saturated rings. The SMILES string of the molecule is N#Cc1nc(-c2ccco2)oc1N1CCC(C(=O)Nc2ccc(OCC(F)(F)F)nc2)CC1. The number of nitrogens with one attached hydrogen (secondary N) is 1. The minimum absolute atomic E-state index is 0.142. The maximum absolute atomic E-state index is 12.6. The molecular weight excluding hydrogens is 443 g/mol. The van der Waals surface area contributed by atoms with Gasteiger partial charge in [0.15, 0.2) is 12.4 Å². The molecule has 33 heavy (non-hydrogen) atoms. The van der Waals surface area contributed by atoms with E-state index in [9.17, 15) is 23.2 Å². The standard InChI is InChI=1S/C21H18F3N5O4/c22-21(23,24)12-32-17-4-3-14(11-26-17)27-18(30)13-5-7-29(8-6-13)20-15(10-25)28-19(33-20)16-2-1-9-31-16/h1-4,9,11,13H,5-8,12H2,(H,27,30). The Hall–Kier alpha value is -4.01. The van der Waals surface area contributed by atoms with E-state index < -0.39 is 12.8 Å². The number of aromatic nitrogens is 2. The molecule has 3 aromatic rings. The number of pyridine rings is 1. The molecule has 0 radical (unpaired) electrons. The maximum atomic E-state index is 12.6. The molecule has 0 bridgehead atoms. The van der Waals surface area contributed by atoms with Gasteiger partial charge < -0.3 is 23.8 Å². The molecule has 1 N–H and O–H groups in total. The average Bonchev–Trinajstić information content (AvgIpc) is 3.48. The van der Waals surface area contributed by atoms with E-state index in [0.717, 1.165) is 0 Å². The highest BCUT2D eigenvalue weighted by Crippen LogP contribution is 2.31. The first kappa shape index (κ1) is 22.2. The molecule has 9 nitrogen and oxygen atoms in total. The van der Waals surface area contributed by atoms with Gasteiger partial charge in [-0.15, -0.1) is 0 Å². The molecule has 0 unspecified atom stereocenters. The highest BCUT2D eigenvalue weighted by atomic mass is 19.4. The Bertz CT molecular complexity index is 1130. The van der Waals surface area contributed by atoms with Gasteiger partial charge in [0.2, 0.25) is 23.4 Å². The summed E-state index contributed by atoms with van der Waals surface area (Å²) in [6.07, 6.45) is -0.721. The van der Waals surface area contributed by atoms with Crippen molar-refractivity contribution < 1.29 is 31.5 Å². The Balaban J connectivity index is 1.32. The van der Waals surface area contributed by atoms with Crippen LogP contribution in [0.4, 0.5) is 24.7 Å². The lowest BCUT2D eigenvalue weighted by atomic mass is 9.96. The highest BCUT2D eigenvalue weighted by Gasteiger charge is 2.30. The number of alkyl halides is 3. The number of furan rings is 1. The van der Waals surface area contributed by atoms with Crippen LogP contribution in [0.15, 0.2) is 45.6 Å². The van der Waals surface area contributed by atoms with Crippen LogP contribution in [-0.4, -0.2) is 41.7 Å². The third-order valence-corrected chi connectivity index (χ3v) is 4.99. The molecule has 12 heteroatoms. The Morgan fingerprint density at radius 1 is 1.30 bits per heavy atom. The molecular formula is C21H18F3N5O4. The fourth-order valence-electron chi connectivity index (χ4n) is 3.39. The summed E-state index contributed by atoms with van der Waals surface area (Å²) in [5, 5.41) is 12.1. The minimum atomic E-state index is -4.45. The van der Waals surface area contributed by atoms with Crippen molar-refractivity contribution in [2.45, 2.75) is 19.0 Å². The number of ether oxygens (including phenoxy) is 1. The van der Waals surface area contributed by atoms with Crippen LogP contribution >= 0.6 is 0 Å². The van der Waals surface area contributed by atoms with Gasteiger partial charge in [0.25, 0.3) is 5.89 Å². The summed E-state index contributed by atoms with van der Waals surface area (Å²) in [6.45, 7) is -0.490. The molecule has 4 rings (SSSR count). The number of oxazole rings is 1. The molecule has 1 amide bonds. The van der Waals surface area contributed by atoms with Gasteiger partial charge in [0.1, 0.15) is 6.07 Å². The van der Waals surface area contributed by atoms with Crippen molar-refractivity contribution in [2.24, 2.45) is 5.92 Å². The van der Waals surface area contributed by atoms with Crippen molar-refractivity contribution >= 4 is 17.5 Å². The van der Waals surface area contributed by atoms with Gasteiger partial charge in [-0.05, 0) is 31.0 Å². The summed E-state index contributed by atoms with van der Waals surface area (Å²) in [7, 11) is 0.